The summed E-state index contributed by atoms with van der Waals surface area (Å²) in [7, 11) is 0. The number of aromatic amines is 2. The molecule has 5 heterocycles. The van der Waals surface area contributed by atoms with Crippen molar-refractivity contribution < 1.29 is 37.7 Å². The van der Waals surface area contributed by atoms with Crippen LogP contribution in [0.4, 0.5) is 10.3 Å². The van der Waals surface area contributed by atoms with E-state index in [1.807, 2.05) is 0 Å². The molecule has 7 atom stereocenters. The zero-order chi connectivity index (χ0) is 28.1. The second-order valence-electron chi connectivity index (χ2n) is 8.81. The number of H-pyrrole nitrogens is 2. The number of aromatic nitrogens is 6. The molecule has 0 aliphatic carbocycles. The third-order valence-corrected chi connectivity index (χ3v) is 8.17. The highest BCUT2D eigenvalue weighted by molar-refractivity contribution is 8.44. The SMILES string of the molecule is Nc1nc2c(ncn2[C@H]2C[C@@H](O)C(COP(=O)(S)O[C@@H]3C[C@H](n4cc(F)c(=O)[nH]c4=O)OC3CO)O2)c(=S)[nH]1. The van der Waals surface area contributed by atoms with Crippen LogP contribution in [0.5, 0.6) is 0 Å². The summed E-state index contributed by atoms with van der Waals surface area (Å²) >= 11 is 9.17. The minimum Gasteiger partial charge on any atom is -0.394 e. The van der Waals surface area contributed by atoms with Crippen molar-refractivity contribution in [1.29, 1.82) is 0 Å². The average molecular weight is 608 g/mol. The van der Waals surface area contributed by atoms with E-state index in [1.165, 1.54) is 6.33 Å². The van der Waals surface area contributed by atoms with E-state index in [4.69, 9.17) is 36.5 Å². The van der Waals surface area contributed by atoms with E-state index in [0.29, 0.717) is 17.4 Å². The molecule has 2 saturated heterocycles. The number of anilines is 1. The van der Waals surface area contributed by atoms with Crippen LogP contribution in [0.2, 0.25) is 0 Å². The van der Waals surface area contributed by atoms with Crippen LogP contribution in [0.1, 0.15) is 25.3 Å². The van der Waals surface area contributed by atoms with Gasteiger partial charge in [0, 0.05) is 12.8 Å². The number of nitrogens with two attached hydrogens (primary N) is 1. The first-order valence-electron chi connectivity index (χ1n) is 11.4. The molecule has 3 aromatic heterocycles. The van der Waals surface area contributed by atoms with E-state index in [2.05, 4.69) is 27.2 Å². The largest absolute Gasteiger partial charge is 0.394 e. The van der Waals surface area contributed by atoms with Crippen molar-refractivity contribution in [3.05, 3.63) is 43.8 Å². The normalized spacial score (nSPS) is 28.7. The van der Waals surface area contributed by atoms with Gasteiger partial charge in [0.15, 0.2) is 5.65 Å². The lowest BCUT2D eigenvalue weighted by Crippen LogP contribution is -2.34. The van der Waals surface area contributed by atoms with Gasteiger partial charge in [-0.15, -0.1) is 0 Å². The molecule has 212 valence electrons. The second-order valence-corrected chi connectivity index (χ2v) is 12.1. The Morgan fingerprint density at radius 1 is 1.26 bits per heavy atom. The van der Waals surface area contributed by atoms with Crippen LogP contribution in [0, 0.1) is 10.5 Å². The zero-order valence-corrected chi connectivity index (χ0v) is 22.4. The molecular weight excluding hydrogens is 584 g/mol. The maximum Gasteiger partial charge on any atom is 0.386 e. The predicted molar refractivity (Wildman–Crippen MR) is 136 cm³/mol. The first-order chi connectivity index (χ1) is 18.5. The van der Waals surface area contributed by atoms with Gasteiger partial charge < -0.3 is 30.4 Å². The summed E-state index contributed by atoms with van der Waals surface area (Å²) in [6, 6.07) is 0. The highest BCUT2D eigenvalue weighted by Gasteiger charge is 2.42. The average Bonchev–Trinajstić information content (AvgIpc) is 3.56. The van der Waals surface area contributed by atoms with Crippen LogP contribution in [0.25, 0.3) is 11.2 Å². The van der Waals surface area contributed by atoms with Crippen LogP contribution in [-0.2, 0) is 23.1 Å². The van der Waals surface area contributed by atoms with Crippen LogP contribution < -0.4 is 17.0 Å². The molecule has 0 bridgehead atoms. The number of aliphatic hydroxyl groups excluding tert-OH is 2. The molecule has 0 amide bonds. The van der Waals surface area contributed by atoms with Gasteiger partial charge in [-0.3, -0.25) is 28.0 Å². The molecule has 2 fully saturated rings. The topological polar surface area (TPSA) is 222 Å². The Balaban J connectivity index is 1.23. The summed E-state index contributed by atoms with van der Waals surface area (Å²) in [5, 5.41) is 20.2. The van der Waals surface area contributed by atoms with Crippen molar-refractivity contribution in [2.24, 2.45) is 0 Å². The predicted octanol–water partition coefficient (Wildman–Crippen LogP) is 0.128. The quantitative estimate of drug-likeness (QED) is 0.114. The number of hydrogen-bond acceptors (Lipinski definition) is 13. The van der Waals surface area contributed by atoms with Crippen LogP contribution in [-0.4, -0.2) is 76.9 Å². The third-order valence-electron chi connectivity index (χ3n) is 6.23. The number of nitrogens with one attached hydrogen (secondary N) is 2. The molecule has 0 aromatic carbocycles. The molecule has 6 N–H and O–H groups in total. The molecule has 39 heavy (non-hydrogen) atoms. The number of rotatable bonds is 8. The van der Waals surface area contributed by atoms with Gasteiger partial charge in [0.05, 0.1) is 31.8 Å². The number of hydrogen-bond donors (Lipinski definition) is 6. The summed E-state index contributed by atoms with van der Waals surface area (Å²) in [6.07, 6.45) is -3.87. The summed E-state index contributed by atoms with van der Waals surface area (Å²) < 4.78 is 51.5. The van der Waals surface area contributed by atoms with Crippen molar-refractivity contribution in [3.63, 3.8) is 0 Å². The maximum absolute atomic E-state index is 13.7. The van der Waals surface area contributed by atoms with Crippen LogP contribution in [0.3, 0.4) is 0 Å². The Bertz CT molecular complexity index is 1610. The van der Waals surface area contributed by atoms with Gasteiger partial charge in [-0.1, -0.05) is 24.5 Å². The number of thiol groups is 1. The van der Waals surface area contributed by atoms with Gasteiger partial charge in [-0.2, -0.15) is 9.37 Å². The molecule has 0 spiro atoms. The number of halogens is 1. The minimum atomic E-state index is -4.12. The van der Waals surface area contributed by atoms with Gasteiger partial charge >= 0.3 is 12.5 Å². The molecule has 0 radical (unpaired) electrons. The number of imidazole rings is 1. The van der Waals surface area contributed by atoms with Gasteiger partial charge in [-0.25, -0.2) is 14.3 Å². The smallest absolute Gasteiger partial charge is 0.386 e. The number of fused-ring (bicyclic) bond motifs is 1. The lowest BCUT2D eigenvalue weighted by Gasteiger charge is -2.22. The molecule has 2 aliphatic heterocycles. The Morgan fingerprint density at radius 3 is 2.72 bits per heavy atom. The van der Waals surface area contributed by atoms with Crippen LogP contribution in [0.15, 0.2) is 22.1 Å². The molecule has 3 aromatic rings. The first-order valence-corrected chi connectivity index (χ1v) is 14.5. The van der Waals surface area contributed by atoms with E-state index in [1.54, 1.807) is 9.55 Å². The highest BCUT2D eigenvalue weighted by atomic mass is 32.7. The fourth-order valence-electron chi connectivity index (χ4n) is 4.38. The van der Waals surface area contributed by atoms with Crippen molar-refractivity contribution >= 4 is 48.4 Å². The van der Waals surface area contributed by atoms with Crippen LogP contribution >= 0.6 is 31.3 Å². The van der Waals surface area contributed by atoms with Gasteiger partial charge in [0.1, 0.15) is 40.9 Å². The van der Waals surface area contributed by atoms with Crippen molar-refractivity contribution in [2.75, 3.05) is 18.9 Å². The fraction of sp³-hybridized carbons (Fsp3) is 0.526. The molecule has 0 saturated carbocycles. The summed E-state index contributed by atoms with van der Waals surface area (Å²) in [5.41, 5.74) is 4.35. The van der Waals surface area contributed by atoms with Gasteiger partial charge in [0.2, 0.25) is 11.8 Å². The van der Waals surface area contributed by atoms with E-state index in [0.717, 1.165) is 4.57 Å². The number of ether oxygens (including phenoxy) is 2. The van der Waals surface area contributed by atoms with Gasteiger partial charge in [-0.05, 0) is 0 Å². The molecule has 20 heteroatoms. The van der Waals surface area contributed by atoms with E-state index in [-0.39, 0.29) is 30.0 Å². The van der Waals surface area contributed by atoms with E-state index < -0.39 is 67.3 Å². The number of aliphatic hydroxyl groups is 2. The standard InChI is InChI=1S/C19H23FN7O9PS2/c20-7-3-26(19(31)24-16(7)30)13-2-9(10(4-28)34-13)36-37(32,39)33-5-11-8(29)1-12(35-11)27-6-22-14-15(27)23-18(21)25-17(14)38/h3,6,8-13,28-29H,1-2,4-5H2,(H,32,39)(H,24,30,31)(H3,21,23,25,38)/t8-,9-,10?,11?,12-,13-,37?/m1/s1. The summed E-state index contributed by atoms with van der Waals surface area (Å²) in [6.45, 7) is -5.10. The maximum atomic E-state index is 13.7. The monoisotopic (exact) mass is 607 g/mol. The van der Waals surface area contributed by atoms with Crippen molar-refractivity contribution in [2.45, 2.75) is 49.7 Å². The third kappa shape index (κ3) is 5.72. The van der Waals surface area contributed by atoms with Gasteiger partial charge in [0.25, 0.3) is 5.56 Å². The Labute approximate surface area is 227 Å². The lowest BCUT2D eigenvalue weighted by molar-refractivity contribution is -0.0499. The summed E-state index contributed by atoms with van der Waals surface area (Å²) in [5.74, 6) is -1.14. The van der Waals surface area contributed by atoms with E-state index >= 15 is 0 Å². The molecule has 5 rings (SSSR count). The van der Waals surface area contributed by atoms with Crippen molar-refractivity contribution in [3.8, 4) is 0 Å². The Hall–Kier alpha value is -2.48. The van der Waals surface area contributed by atoms with E-state index in [9.17, 15) is 28.8 Å². The molecule has 16 nitrogen and oxygen atoms in total. The highest BCUT2D eigenvalue weighted by Crippen LogP contribution is 2.56. The number of nitrogen functional groups attached to an aromatic ring is 1. The fourth-order valence-corrected chi connectivity index (χ4v) is 6.15. The summed E-state index contributed by atoms with van der Waals surface area (Å²) in [4.78, 5) is 36.3. The first kappa shape index (κ1) is 28.1. The second kappa shape index (κ2) is 10.8. The number of nitrogens with zero attached hydrogens (tertiary/aromatic N) is 4. The van der Waals surface area contributed by atoms with Crippen molar-refractivity contribution in [1.82, 2.24) is 29.1 Å². The molecule has 2 aliphatic rings. The Kier molecular flexibility index (Phi) is 7.79. The molecular formula is C19H23FN7O9PS2. The Morgan fingerprint density at radius 2 is 1.97 bits per heavy atom. The molecule has 3 unspecified atom stereocenters. The zero-order valence-electron chi connectivity index (χ0n) is 19.7. The lowest BCUT2D eigenvalue weighted by atomic mass is 10.2. The minimum absolute atomic E-state index is 0.0794.